The first-order valence-electron chi connectivity index (χ1n) is 7.39. The Labute approximate surface area is 144 Å². The highest BCUT2D eigenvalue weighted by atomic mass is 35.5. The van der Waals surface area contributed by atoms with Crippen LogP contribution in [0.25, 0.3) is 0 Å². The number of amides is 3. The van der Waals surface area contributed by atoms with Crippen molar-refractivity contribution in [3.05, 3.63) is 53.1 Å². The predicted octanol–water partition coefficient (Wildman–Crippen LogP) is 3.13. The molecule has 0 radical (unpaired) electrons. The number of benzene rings is 2. The molecule has 6 nitrogen and oxygen atoms in total. The summed E-state index contributed by atoms with van der Waals surface area (Å²) in [5.41, 5.74) is 1.83. The maximum absolute atomic E-state index is 12.3. The van der Waals surface area contributed by atoms with Crippen LogP contribution < -0.4 is 20.3 Å². The molecule has 0 atom stereocenters. The number of hydrogen-bond acceptors (Lipinski definition) is 3. The summed E-state index contributed by atoms with van der Waals surface area (Å²) in [6.07, 6.45) is 0. The summed E-state index contributed by atoms with van der Waals surface area (Å²) in [5, 5.41) is 5.94. The van der Waals surface area contributed by atoms with Crippen molar-refractivity contribution in [2.24, 2.45) is 0 Å². The monoisotopic (exact) mass is 345 g/mol. The van der Waals surface area contributed by atoms with Crippen LogP contribution in [-0.2, 0) is 0 Å². The van der Waals surface area contributed by atoms with Gasteiger partial charge >= 0.3 is 6.03 Å². The zero-order valence-corrected chi connectivity index (χ0v) is 13.8. The van der Waals surface area contributed by atoms with Crippen LogP contribution in [-0.4, -0.2) is 32.1 Å². The minimum atomic E-state index is -0.256. The lowest BCUT2D eigenvalue weighted by Crippen LogP contribution is -2.27. The van der Waals surface area contributed by atoms with Gasteiger partial charge in [-0.2, -0.15) is 0 Å². The Morgan fingerprint density at radius 1 is 1.25 bits per heavy atom. The van der Waals surface area contributed by atoms with E-state index in [1.807, 2.05) is 0 Å². The van der Waals surface area contributed by atoms with E-state index in [1.165, 1.54) is 7.11 Å². The molecule has 24 heavy (non-hydrogen) atoms. The lowest BCUT2D eigenvalue weighted by atomic mass is 10.1. The summed E-state index contributed by atoms with van der Waals surface area (Å²) in [4.78, 5) is 25.6. The van der Waals surface area contributed by atoms with Gasteiger partial charge in [0, 0.05) is 30.0 Å². The van der Waals surface area contributed by atoms with Crippen LogP contribution in [0, 0.1) is 0 Å². The second-order valence-electron chi connectivity index (χ2n) is 5.23. The number of anilines is 2. The second-order valence-corrected chi connectivity index (χ2v) is 5.64. The van der Waals surface area contributed by atoms with Crippen molar-refractivity contribution in [2.75, 3.05) is 30.4 Å². The average Bonchev–Trinajstić information content (AvgIpc) is 3.01. The van der Waals surface area contributed by atoms with Gasteiger partial charge in [0.1, 0.15) is 5.75 Å². The molecular formula is C17H16ClN3O3. The van der Waals surface area contributed by atoms with Crippen LogP contribution in [0.1, 0.15) is 10.4 Å². The molecule has 3 rings (SSSR count). The van der Waals surface area contributed by atoms with Gasteiger partial charge in [0.05, 0.1) is 12.1 Å². The van der Waals surface area contributed by atoms with Crippen LogP contribution in [0.15, 0.2) is 42.5 Å². The van der Waals surface area contributed by atoms with Gasteiger partial charge in [0.15, 0.2) is 0 Å². The Kier molecular flexibility index (Phi) is 4.57. The van der Waals surface area contributed by atoms with Gasteiger partial charge in [-0.15, -0.1) is 0 Å². The van der Waals surface area contributed by atoms with Gasteiger partial charge < -0.3 is 15.4 Å². The van der Waals surface area contributed by atoms with E-state index >= 15 is 0 Å². The SMILES string of the molecule is COc1ccc(NC(=O)c2ccc(N3CCNC3=O)cc2)cc1Cl. The first-order valence-corrected chi connectivity index (χ1v) is 7.76. The number of methoxy groups -OCH3 is 1. The number of carbonyl (C=O) groups excluding carboxylic acids is 2. The van der Waals surface area contributed by atoms with Crippen LogP contribution in [0.5, 0.6) is 5.75 Å². The van der Waals surface area contributed by atoms with Crippen molar-refractivity contribution in [1.82, 2.24) is 5.32 Å². The van der Waals surface area contributed by atoms with Crippen molar-refractivity contribution in [3.63, 3.8) is 0 Å². The molecule has 1 saturated heterocycles. The van der Waals surface area contributed by atoms with Crippen molar-refractivity contribution >= 4 is 34.9 Å². The van der Waals surface area contributed by atoms with Crippen molar-refractivity contribution in [1.29, 1.82) is 0 Å². The molecular weight excluding hydrogens is 330 g/mol. The zero-order chi connectivity index (χ0) is 17.1. The fraction of sp³-hybridized carbons (Fsp3) is 0.176. The Morgan fingerprint density at radius 2 is 2.00 bits per heavy atom. The lowest BCUT2D eigenvalue weighted by Gasteiger charge is -2.14. The van der Waals surface area contributed by atoms with E-state index in [0.717, 1.165) is 5.69 Å². The lowest BCUT2D eigenvalue weighted by molar-refractivity contribution is 0.102. The van der Waals surface area contributed by atoms with Gasteiger partial charge in [0.25, 0.3) is 5.91 Å². The van der Waals surface area contributed by atoms with Crippen molar-refractivity contribution < 1.29 is 14.3 Å². The molecule has 0 bridgehead atoms. The molecule has 124 valence electrons. The molecule has 1 aliphatic rings. The molecule has 2 N–H and O–H groups in total. The third kappa shape index (κ3) is 3.28. The summed E-state index contributed by atoms with van der Waals surface area (Å²) < 4.78 is 5.08. The van der Waals surface area contributed by atoms with Gasteiger partial charge in [-0.3, -0.25) is 9.69 Å². The molecule has 0 spiro atoms. The Bertz CT molecular complexity index is 777. The topological polar surface area (TPSA) is 70.7 Å². The molecule has 1 fully saturated rings. The predicted molar refractivity (Wildman–Crippen MR) is 93.1 cm³/mol. The molecule has 1 aliphatic heterocycles. The number of nitrogens with zero attached hydrogens (tertiary/aromatic N) is 1. The maximum atomic E-state index is 12.3. The fourth-order valence-corrected chi connectivity index (χ4v) is 2.72. The standard InChI is InChI=1S/C17H16ClN3O3/c1-24-15-7-4-12(10-14(15)18)20-16(22)11-2-5-13(6-3-11)21-9-8-19-17(21)23/h2-7,10H,8-9H2,1H3,(H,19,23)(H,20,22). The average molecular weight is 346 g/mol. The molecule has 0 aromatic heterocycles. The smallest absolute Gasteiger partial charge is 0.321 e. The first kappa shape index (κ1) is 16.1. The molecule has 0 saturated carbocycles. The highest BCUT2D eigenvalue weighted by molar-refractivity contribution is 6.32. The van der Waals surface area contributed by atoms with Gasteiger partial charge in [-0.05, 0) is 42.5 Å². The Hall–Kier alpha value is -2.73. The number of carbonyl (C=O) groups is 2. The Balaban J connectivity index is 1.71. The maximum Gasteiger partial charge on any atom is 0.321 e. The minimum absolute atomic E-state index is 0.125. The van der Waals surface area contributed by atoms with Crippen LogP contribution in [0.4, 0.5) is 16.2 Å². The van der Waals surface area contributed by atoms with Gasteiger partial charge in [-0.1, -0.05) is 11.6 Å². The molecule has 3 amide bonds. The summed E-state index contributed by atoms with van der Waals surface area (Å²) >= 11 is 6.05. The number of rotatable bonds is 4. The highest BCUT2D eigenvalue weighted by Crippen LogP contribution is 2.27. The van der Waals surface area contributed by atoms with E-state index in [9.17, 15) is 9.59 Å². The minimum Gasteiger partial charge on any atom is -0.495 e. The zero-order valence-electron chi connectivity index (χ0n) is 13.0. The van der Waals surface area contributed by atoms with Gasteiger partial charge in [0.2, 0.25) is 0 Å². The van der Waals surface area contributed by atoms with E-state index in [2.05, 4.69) is 10.6 Å². The number of ether oxygens (including phenoxy) is 1. The largest absolute Gasteiger partial charge is 0.495 e. The van der Waals surface area contributed by atoms with E-state index < -0.39 is 0 Å². The number of urea groups is 1. The molecule has 2 aromatic rings. The second kappa shape index (κ2) is 6.80. The summed E-state index contributed by atoms with van der Waals surface area (Å²) in [6.45, 7) is 1.24. The van der Waals surface area contributed by atoms with Gasteiger partial charge in [-0.25, -0.2) is 4.79 Å². The van der Waals surface area contributed by atoms with Crippen molar-refractivity contribution in [2.45, 2.75) is 0 Å². The molecule has 7 heteroatoms. The molecule has 2 aromatic carbocycles. The van der Waals surface area contributed by atoms with Crippen LogP contribution in [0.3, 0.4) is 0 Å². The molecule has 0 unspecified atom stereocenters. The van der Waals surface area contributed by atoms with E-state index in [4.69, 9.17) is 16.3 Å². The van der Waals surface area contributed by atoms with Crippen LogP contribution in [0.2, 0.25) is 5.02 Å². The highest BCUT2D eigenvalue weighted by Gasteiger charge is 2.21. The van der Waals surface area contributed by atoms with E-state index in [0.29, 0.717) is 35.1 Å². The third-order valence-corrected chi connectivity index (χ3v) is 4.00. The fourth-order valence-electron chi connectivity index (χ4n) is 2.46. The van der Waals surface area contributed by atoms with E-state index in [1.54, 1.807) is 47.4 Å². The summed E-state index contributed by atoms with van der Waals surface area (Å²) in [7, 11) is 1.53. The molecule has 0 aliphatic carbocycles. The first-order chi connectivity index (χ1) is 11.6. The number of nitrogens with one attached hydrogen (secondary N) is 2. The normalized spacial score (nSPS) is 13.6. The quantitative estimate of drug-likeness (QED) is 0.894. The molecule has 1 heterocycles. The summed E-state index contributed by atoms with van der Waals surface area (Å²) in [5.74, 6) is 0.288. The Morgan fingerprint density at radius 3 is 2.58 bits per heavy atom. The van der Waals surface area contributed by atoms with Crippen molar-refractivity contribution in [3.8, 4) is 5.75 Å². The van der Waals surface area contributed by atoms with Crippen LogP contribution >= 0.6 is 11.6 Å². The number of hydrogen-bond donors (Lipinski definition) is 2. The summed E-state index contributed by atoms with van der Waals surface area (Å²) in [6, 6.07) is 11.8. The van der Waals surface area contributed by atoms with E-state index in [-0.39, 0.29) is 11.9 Å². The number of halogens is 1. The third-order valence-electron chi connectivity index (χ3n) is 3.71.